The van der Waals surface area contributed by atoms with Crippen LogP contribution in [0.25, 0.3) is 16.8 Å². The maximum Gasteiger partial charge on any atom is 0.270 e. The van der Waals surface area contributed by atoms with Crippen LogP contribution in [0.1, 0.15) is 57.2 Å². The van der Waals surface area contributed by atoms with E-state index in [1.54, 1.807) is 12.1 Å². The third-order valence-electron chi connectivity index (χ3n) is 14.4. The molecule has 0 bridgehead atoms. The fourth-order valence-electron chi connectivity index (χ4n) is 10.0. The van der Waals surface area contributed by atoms with Crippen molar-refractivity contribution in [2.75, 3.05) is 62.5 Å². The van der Waals surface area contributed by atoms with Crippen molar-refractivity contribution in [2.24, 2.45) is 4.99 Å². The number of nitrogens with one attached hydrogen (secondary N) is 2. The summed E-state index contributed by atoms with van der Waals surface area (Å²) in [6.07, 6.45) is 5.32. The number of nitro benzene ring substituents is 1. The minimum atomic E-state index is -1.84. The van der Waals surface area contributed by atoms with Crippen LogP contribution >= 0.6 is 0 Å². The van der Waals surface area contributed by atoms with E-state index in [0.29, 0.717) is 17.1 Å². The molecule has 2 atom stereocenters. The molecule has 0 aromatic heterocycles. The second kappa shape index (κ2) is 56.6. The molecule has 4 aliphatic rings. The summed E-state index contributed by atoms with van der Waals surface area (Å²) in [5.41, 5.74) is -1.75. The smallest absolute Gasteiger partial charge is 0.270 e. The Labute approximate surface area is 648 Å². The molecule has 0 aliphatic carbocycles. The summed E-state index contributed by atoms with van der Waals surface area (Å²) in [4.78, 5) is 45.0. The van der Waals surface area contributed by atoms with Crippen molar-refractivity contribution < 1.29 is 297 Å². The van der Waals surface area contributed by atoms with Gasteiger partial charge in [0.1, 0.15) is 17.2 Å². The Kier molecular flexibility index (Phi) is 82.5. The Hall–Kier alpha value is -3.00. The monoisotopic (exact) mass is 1900 g/mol. The standard InChI is InChI=1S/C28H28N3O5.C25H26N3O7.Mn.6Mo.18O/c1-26(2)21-9-5-6-10-22(21)31(14-13-24(35)30-27(16-32,17-33)18-34)28(26)15-29-25-20-8-4-3-7-19(20)11-12-23(25)36-28;1-23(2)19-5-3-4-6-20(19)27(12-10-22(32)26-24(14-29,15-30)16-31)25(23)11-9-17-13-18(28(33)34)7-8-21(17)35-25;;;;;;;;;;;;;;;;;;;;;;;;;/h3-12,15H,13-14,16-18H2,1-2H3,(H,30,35);3-9,11,13H,10,12,14-16H2,1-2H3,(H,26,32);;;;;;;;;;;;;;;;;;;;;;;;;/q2*-3;;;;;;;;18*-2/t28-;25-;;;;;;;;;;;;;;;;;;;;;;;;;/m10........................./s1. The van der Waals surface area contributed by atoms with Crippen LogP contribution in [0.4, 0.5) is 22.7 Å². The van der Waals surface area contributed by atoms with E-state index in [1.165, 1.54) is 12.1 Å². The molecule has 4 aliphatic heterocycles. The predicted octanol–water partition coefficient (Wildman–Crippen LogP) is -1.58. The second-order valence-corrected chi connectivity index (χ2v) is 19.4. The van der Waals surface area contributed by atoms with Crippen LogP contribution in [0, 0.1) is 10.1 Å². The first-order valence-electron chi connectivity index (χ1n) is 23.2. The number of anilines is 2. The number of non-ortho nitro benzene ring substituents is 1. The number of ether oxygens (including phenoxy) is 2. The summed E-state index contributed by atoms with van der Waals surface area (Å²) < 4.78 is 13.3. The molecule has 43 heteroatoms. The molecule has 2 spiro atoms. The molecule has 561 valence electrons. The van der Waals surface area contributed by atoms with Crippen LogP contribution in [0.5, 0.6) is 11.5 Å². The molecule has 5 aromatic rings. The van der Waals surface area contributed by atoms with Gasteiger partial charge in [-0.2, -0.15) is 0 Å². The molecule has 9 rings (SSSR count). The largest absolute Gasteiger partial charge is 2.00 e. The number of benzene rings is 5. The van der Waals surface area contributed by atoms with Gasteiger partial charge in [-0.1, -0.05) is 66.7 Å². The maximum atomic E-state index is 12.8. The first-order chi connectivity index (χ1) is 33.9. The summed E-state index contributed by atoms with van der Waals surface area (Å²) in [5.74, 6) is 0.0286. The molecule has 0 saturated heterocycles. The third kappa shape index (κ3) is 25.5. The van der Waals surface area contributed by atoms with Gasteiger partial charge in [0.15, 0.2) is 0 Å². The zero-order valence-corrected chi connectivity index (χ0v) is 63.2. The average Bonchev–Trinajstić information content (AvgIpc) is 3.68. The van der Waals surface area contributed by atoms with Gasteiger partial charge in [0, 0.05) is 204 Å². The number of nitrogens with zero attached hydrogens (tertiary/aromatic N) is 4. The summed E-state index contributed by atoms with van der Waals surface area (Å²) in [6, 6.07) is 31.9. The van der Waals surface area contributed by atoms with Crippen LogP contribution in [0.2, 0.25) is 0 Å². The van der Waals surface area contributed by atoms with E-state index in [-0.39, 0.29) is 274 Å². The van der Waals surface area contributed by atoms with Crippen molar-refractivity contribution in [2.45, 2.75) is 73.9 Å². The summed E-state index contributed by atoms with van der Waals surface area (Å²) in [5, 5.41) is 86.5. The van der Waals surface area contributed by atoms with Crippen molar-refractivity contribution in [3.63, 3.8) is 0 Å². The van der Waals surface area contributed by atoms with Gasteiger partial charge in [0.2, 0.25) is 23.3 Å². The molecular weight excluding hydrogens is 1830 g/mol. The van der Waals surface area contributed by atoms with Crippen LogP contribution < -0.4 is 60.5 Å². The fourth-order valence-corrected chi connectivity index (χ4v) is 10.0. The molecule has 2 N–H and O–H groups in total. The van der Waals surface area contributed by atoms with E-state index in [1.807, 2.05) is 121 Å². The minimum Gasteiger partial charge on any atom is -2.00 e. The van der Waals surface area contributed by atoms with E-state index in [2.05, 4.69) is 24.5 Å². The quantitative estimate of drug-likeness (QED) is 0.0679. The number of carbonyl (C=O) groups excluding carboxylic acids is 2. The molecule has 2 amide bonds. The zero-order valence-electron chi connectivity index (χ0n) is 50.0. The number of rotatable bonds is 15. The van der Waals surface area contributed by atoms with E-state index < -0.39 is 89.7 Å². The van der Waals surface area contributed by atoms with Gasteiger partial charge < -0.3 is 159 Å². The Morgan fingerprint density at radius 3 is 1.26 bits per heavy atom. The summed E-state index contributed by atoms with van der Waals surface area (Å²) in [6.45, 7) is 2.81. The van der Waals surface area contributed by atoms with Crippen molar-refractivity contribution in [3.05, 3.63) is 136 Å². The fraction of sp³-hybridized carbons (Fsp3) is 0.377. The van der Waals surface area contributed by atoms with Crippen molar-refractivity contribution in [1.82, 2.24) is 10.6 Å². The third-order valence-corrected chi connectivity index (χ3v) is 14.4. The number of aliphatic imine (C=N–C) groups is 1. The van der Waals surface area contributed by atoms with Crippen LogP contribution in [-0.4, -0.2) is 98.2 Å². The first kappa shape index (κ1) is 140. The Morgan fingerprint density at radius 1 is 0.500 bits per heavy atom. The van der Waals surface area contributed by atoms with Gasteiger partial charge in [0.05, 0.1) is 22.0 Å². The van der Waals surface area contributed by atoms with Crippen LogP contribution in [0.3, 0.4) is 0 Å². The molecule has 0 fully saturated rings. The van der Waals surface area contributed by atoms with Gasteiger partial charge in [-0.05, 0) is 91.7 Å². The molecule has 96 heavy (non-hydrogen) atoms. The molecule has 0 unspecified atom stereocenters. The Bertz CT molecular complexity index is 2960. The van der Waals surface area contributed by atoms with E-state index in [0.717, 1.165) is 39.0 Å². The van der Waals surface area contributed by atoms with Crippen molar-refractivity contribution >= 4 is 57.6 Å². The minimum absolute atomic E-state index is 0. The van der Waals surface area contributed by atoms with Crippen molar-refractivity contribution in [3.8, 4) is 11.5 Å². The van der Waals surface area contributed by atoms with Crippen LogP contribution in [-0.2, 0) is 262 Å². The van der Waals surface area contributed by atoms with Crippen LogP contribution in [0.15, 0.2) is 114 Å². The first-order valence-corrected chi connectivity index (χ1v) is 23.2. The number of para-hydroxylation sites is 2. The SMILES string of the molecule is CC1(C)c2ccccc2N(CCC(=O)NC(C[O-])(C[O-])C[O-])[C@@]12C=Nc1c(ccc3ccccc13)O2.CC1(C)c2ccccc2N(CCC(=O)NC(C[O-])(C[O-])C[O-])[C@]12C=Cc1cc([N+](=O)[O-])ccc1O2.[Mn].[Mo].[Mo].[Mo].[Mo].[Mo].[Mo].[O-2].[O-2].[O-2].[O-2].[O-2].[O-2].[O-2].[O-2].[O-2].[O-2].[O-2].[O-2].[O-2].[O-2].[O-2].[O-2].[O-2].[O-2]. The van der Waals surface area contributed by atoms with Gasteiger partial charge >= 0.3 is 0 Å². The van der Waals surface area contributed by atoms with Crippen molar-refractivity contribution in [1.29, 1.82) is 0 Å². The topological polar surface area (TPSA) is 790 Å². The molecule has 1 radical (unpaired) electrons. The van der Waals surface area contributed by atoms with E-state index in [9.17, 15) is 50.3 Å². The molecule has 0 saturated carbocycles. The average molecular weight is 1890 g/mol. The van der Waals surface area contributed by atoms with E-state index >= 15 is 0 Å². The summed E-state index contributed by atoms with van der Waals surface area (Å²) in [7, 11) is 0. The number of hydrogen-bond donors (Lipinski definition) is 2. The van der Waals surface area contributed by atoms with Gasteiger partial charge in [-0.25, -0.2) is 0 Å². The zero-order chi connectivity index (χ0) is 51.0. The van der Waals surface area contributed by atoms with Gasteiger partial charge in [0.25, 0.3) is 5.69 Å². The molecule has 36 nitrogen and oxygen atoms in total. The van der Waals surface area contributed by atoms with Gasteiger partial charge in [-0.15, -0.1) is 39.6 Å². The number of nitro groups is 1. The molecule has 5 aromatic carbocycles. The number of hydrogen-bond acceptors (Lipinski definition) is 15. The summed E-state index contributed by atoms with van der Waals surface area (Å²) >= 11 is 0. The maximum absolute atomic E-state index is 12.8. The number of amides is 2. The predicted molar refractivity (Wildman–Crippen MR) is 267 cm³/mol. The number of fused-ring (bicyclic) bond motifs is 6. The Morgan fingerprint density at radius 2 is 0.854 bits per heavy atom. The Balaban J connectivity index is -0.0000000629. The second-order valence-electron chi connectivity index (χ2n) is 19.4. The normalized spacial score (nSPS) is 14.6. The van der Waals surface area contributed by atoms with Gasteiger partial charge in [-0.3, -0.25) is 24.7 Å². The molecule has 4 heterocycles. The van der Waals surface area contributed by atoms with E-state index in [4.69, 9.17) is 14.5 Å². The molecular formula is C53H54MnMo6N6O30-42. The number of carbonyl (C=O) groups is 2.